The molecule has 0 bridgehead atoms. The molecule has 0 saturated heterocycles. The van der Waals surface area contributed by atoms with Crippen molar-refractivity contribution in [2.24, 2.45) is 0 Å². The Morgan fingerprint density at radius 1 is 0.281 bits per heavy atom. The van der Waals surface area contributed by atoms with E-state index < -0.39 is 0 Å². The third-order valence-corrected chi connectivity index (χ3v) is 10.4. The summed E-state index contributed by atoms with van der Waals surface area (Å²) in [5, 5.41) is 0. The Kier molecular flexibility index (Phi) is 9.74. The molecule has 9 aromatic rings. The predicted molar refractivity (Wildman–Crippen MR) is 237 cm³/mol. The third kappa shape index (κ3) is 7.49. The van der Waals surface area contributed by atoms with Gasteiger partial charge in [-0.1, -0.05) is 164 Å². The van der Waals surface area contributed by atoms with Crippen LogP contribution in [0.4, 0.5) is 17.1 Å². The second-order valence-electron chi connectivity index (χ2n) is 14.2. The van der Waals surface area contributed by atoms with Crippen molar-refractivity contribution in [3.05, 3.63) is 217 Å². The number of nitrogens with zero attached hydrogens (tertiary/aromatic N) is 4. The molecule has 0 unspecified atom stereocenters. The average Bonchev–Trinajstić information content (AvgIpc) is 3.28. The van der Waals surface area contributed by atoms with Crippen molar-refractivity contribution in [2.45, 2.75) is 13.8 Å². The maximum Gasteiger partial charge on any atom is 0.164 e. The highest BCUT2D eigenvalue weighted by Crippen LogP contribution is 2.40. The molecule has 9 rings (SSSR count). The number of benzene rings is 8. The molecule has 0 fully saturated rings. The van der Waals surface area contributed by atoms with E-state index in [0.717, 1.165) is 44.9 Å². The molecule has 0 amide bonds. The van der Waals surface area contributed by atoms with Crippen molar-refractivity contribution in [3.8, 4) is 67.5 Å². The monoisotopic (exact) mass is 732 g/mol. The molecular weight excluding hydrogens is 693 g/mol. The van der Waals surface area contributed by atoms with E-state index in [9.17, 15) is 0 Å². The highest BCUT2D eigenvalue weighted by atomic mass is 15.1. The van der Waals surface area contributed by atoms with Gasteiger partial charge in [0.2, 0.25) is 0 Å². The van der Waals surface area contributed by atoms with Crippen molar-refractivity contribution in [2.75, 3.05) is 4.90 Å². The predicted octanol–water partition coefficient (Wildman–Crippen LogP) is 14.0. The lowest BCUT2D eigenvalue weighted by Gasteiger charge is -2.27. The molecule has 0 radical (unpaired) electrons. The Morgan fingerprint density at radius 2 is 0.649 bits per heavy atom. The van der Waals surface area contributed by atoms with E-state index in [1.807, 2.05) is 60.7 Å². The van der Waals surface area contributed by atoms with Crippen LogP contribution in [0.5, 0.6) is 0 Å². The molecule has 0 atom stereocenters. The third-order valence-electron chi connectivity index (χ3n) is 10.4. The molecule has 0 saturated carbocycles. The smallest absolute Gasteiger partial charge is 0.164 e. The number of aryl methyl sites for hydroxylation is 2. The fourth-order valence-electron chi connectivity index (χ4n) is 7.40. The largest absolute Gasteiger partial charge is 0.310 e. The van der Waals surface area contributed by atoms with Crippen LogP contribution in [0, 0.1) is 13.8 Å². The Morgan fingerprint density at radius 3 is 1.09 bits per heavy atom. The van der Waals surface area contributed by atoms with Gasteiger partial charge in [0.25, 0.3) is 0 Å². The molecule has 1 aromatic heterocycles. The molecule has 272 valence electrons. The van der Waals surface area contributed by atoms with Gasteiger partial charge in [0, 0.05) is 33.8 Å². The first-order chi connectivity index (χ1) is 28.1. The lowest BCUT2D eigenvalue weighted by molar-refractivity contribution is 1.07. The Hall–Kier alpha value is -7.43. The molecule has 0 spiro atoms. The zero-order valence-electron chi connectivity index (χ0n) is 31.9. The summed E-state index contributed by atoms with van der Waals surface area (Å²) in [4.78, 5) is 17.2. The molecule has 0 aliphatic carbocycles. The lowest BCUT2D eigenvalue weighted by atomic mass is 9.94. The quantitative estimate of drug-likeness (QED) is 0.148. The minimum absolute atomic E-state index is 0.645. The van der Waals surface area contributed by atoms with Gasteiger partial charge >= 0.3 is 0 Å². The van der Waals surface area contributed by atoms with Crippen molar-refractivity contribution < 1.29 is 0 Å². The van der Waals surface area contributed by atoms with Gasteiger partial charge in [0.1, 0.15) is 0 Å². The fourth-order valence-corrected chi connectivity index (χ4v) is 7.40. The summed E-state index contributed by atoms with van der Waals surface area (Å²) in [6.07, 6.45) is 0. The van der Waals surface area contributed by atoms with E-state index in [1.165, 1.54) is 33.4 Å². The van der Waals surface area contributed by atoms with Crippen LogP contribution >= 0.6 is 0 Å². The highest BCUT2D eigenvalue weighted by Gasteiger charge is 2.18. The Bertz CT molecular complexity index is 2630. The second-order valence-corrected chi connectivity index (χ2v) is 14.2. The van der Waals surface area contributed by atoms with Gasteiger partial charge in [-0.15, -0.1) is 0 Å². The summed E-state index contributed by atoms with van der Waals surface area (Å²) >= 11 is 0. The highest BCUT2D eigenvalue weighted by molar-refractivity contribution is 5.84. The second kappa shape index (κ2) is 15.7. The van der Waals surface area contributed by atoms with Crippen LogP contribution in [0.1, 0.15) is 11.1 Å². The maximum absolute atomic E-state index is 4.99. The Labute approximate surface area is 334 Å². The van der Waals surface area contributed by atoms with E-state index in [-0.39, 0.29) is 0 Å². The molecular formula is C53H40N4. The number of rotatable bonds is 9. The van der Waals surface area contributed by atoms with Crippen LogP contribution in [0.15, 0.2) is 206 Å². The first kappa shape index (κ1) is 35.3. The minimum atomic E-state index is 0.645. The van der Waals surface area contributed by atoms with E-state index in [1.54, 1.807) is 0 Å². The molecule has 0 aliphatic rings. The van der Waals surface area contributed by atoms with Gasteiger partial charge in [-0.25, -0.2) is 15.0 Å². The SMILES string of the molecule is Cc1cc(-c2nc(-c3ccccc3)nc(-c3ccccc3)n2)ccc1-c1cc(N(c2ccc(-c3ccccc3)cc2)c2ccc(-c3ccccc3)cc2)ccc1C. The Balaban J connectivity index is 1.11. The van der Waals surface area contributed by atoms with Crippen molar-refractivity contribution >= 4 is 17.1 Å². The van der Waals surface area contributed by atoms with Crippen LogP contribution in [0.2, 0.25) is 0 Å². The fraction of sp³-hybridized carbons (Fsp3) is 0.0377. The van der Waals surface area contributed by atoms with Crippen LogP contribution in [0.3, 0.4) is 0 Å². The topological polar surface area (TPSA) is 41.9 Å². The van der Waals surface area contributed by atoms with Crippen LogP contribution in [-0.4, -0.2) is 15.0 Å². The number of aromatic nitrogens is 3. The summed E-state index contributed by atoms with van der Waals surface area (Å²) in [6, 6.07) is 72.3. The van der Waals surface area contributed by atoms with Crippen molar-refractivity contribution in [1.82, 2.24) is 15.0 Å². The van der Waals surface area contributed by atoms with Gasteiger partial charge in [0.15, 0.2) is 17.5 Å². The summed E-state index contributed by atoms with van der Waals surface area (Å²) < 4.78 is 0. The molecule has 4 nitrogen and oxygen atoms in total. The first-order valence-corrected chi connectivity index (χ1v) is 19.3. The van der Waals surface area contributed by atoms with E-state index in [2.05, 4.69) is 164 Å². The van der Waals surface area contributed by atoms with Crippen molar-refractivity contribution in [3.63, 3.8) is 0 Å². The number of hydrogen-bond acceptors (Lipinski definition) is 4. The standard InChI is InChI=1S/C53H40N4/c1-37-23-29-48(57(46-30-24-41(25-31-46)39-15-7-3-8-16-39)47-32-26-42(27-33-47)40-17-9-4-10-18-40)36-50(37)49-34-28-45(35-38(49)2)53-55-51(43-19-11-5-12-20-43)54-52(56-53)44-21-13-6-14-22-44/h3-36H,1-2H3. The van der Waals surface area contributed by atoms with Crippen LogP contribution in [0.25, 0.3) is 67.5 Å². The summed E-state index contributed by atoms with van der Waals surface area (Å²) in [5.41, 5.74) is 15.5. The van der Waals surface area contributed by atoms with E-state index in [0.29, 0.717) is 17.5 Å². The zero-order valence-corrected chi connectivity index (χ0v) is 31.9. The molecule has 0 aliphatic heterocycles. The minimum Gasteiger partial charge on any atom is -0.310 e. The molecule has 0 N–H and O–H groups in total. The van der Waals surface area contributed by atoms with Crippen molar-refractivity contribution in [1.29, 1.82) is 0 Å². The molecule has 1 heterocycles. The molecule has 57 heavy (non-hydrogen) atoms. The normalized spacial score (nSPS) is 11.0. The molecule has 8 aromatic carbocycles. The van der Waals surface area contributed by atoms with Crippen LogP contribution in [-0.2, 0) is 0 Å². The van der Waals surface area contributed by atoms with E-state index in [4.69, 9.17) is 15.0 Å². The number of hydrogen-bond donors (Lipinski definition) is 0. The van der Waals surface area contributed by atoms with Gasteiger partial charge in [-0.3, -0.25) is 0 Å². The summed E-state index contributed by atoms with van der Waals surface area (Å²) in [6.45, 7) is 4.36. The lowest BCUT2D eigenvalue weighted by Crippen LogP contribution is -2.10. The van der Waals surface area contributed by atoms with Crippen LogP contribution < -0.4 is 4.90 Å². The molecule has 4 heteroatoms. The van der Waals surface area contributed by atoms with E-state index >= 15 is 0 Å². The van der Waals surface area contributed by atoms with Gasteiger partial charge < -0.3 is 4.90 Å². The first-order valence-electron chi connectivity index (χ1n) is 19.3. The number of anilines is 3. The maximum atomic E-state index is 4.99. The van der Waals surface area contributed by atoms with Gasteiger partial charge in [0.05, 0.1) is 0 Å². The summed E-state index contributed by atoms with van der Waals surface area (Å²) in [5.74, 6) is 1.95. The zero-order chi connectivity index (χ0) is 38.6. The average molecular weight is 733 g/mol. The van der Waals surface area contributed by atoms with Gasteiger partial charge in [-0.05, 0) is 101 Å². The summed E-state index contributed by atoms with van der Waals surface area (Å²) in [7, 11) is 0. The van der Waals surface area contributed by atoms with Gasteiger partial charge in [-0.2, -0.15) is 0 Å².